The SMILES string of the molecule is CN1CCC(C2(O)c3ccc(F)cc3OCc3cccnc32)CC1. The van der Waals surface area contributed by atoms with E-state index in [1.165, 1.54) is 12.1 Å². The zero-order valence-electron chi connectivity index (χ0n) is 13.7. The Morgan fingerprint density at radius 2 is 2.08 bits per heavy atom. The van der Waals surface area contributed by atoms with E-state index in [0.717, 1.165) is 31.5 Å². The van der Waals surface area contributed by atoms with E-state index in [-0.39, 0.29) is 18.3 Å². The van der Waals surface area contributed by atoms with Crippen LogP contribution in [0.25, 0.3) is 0 Å². The summed E-state index contributed by atoms with van der Waals surface area (Å²) in [6, 6.07) is 8.16. The normalized spacial score (nSPS) is 24.6. The molecule has 0 saturated carbocycles. The quantitative estimate of drug-likeness (QED) is 0.874. The summed E-state index contributed by atoms with van der Waals surface area (Å²) in [5, 5.41) is 11.9. The molecule has 4 rings (SSSR count). The maximum Gasteiger partial charge on any atom is 0.138 e. The number of ether oxygens (including phenoxy) is 1. The van der Waals surface area contributed by atoms with Gasteiger partial charge in [0.05, 0.1) is 5.69 Å². The highest BCUT2D eigenvalue weighted by Gasteiger charge is 2.46. The third-order valence-electron chi connectivity index (χ3n) is 5.30. The van der Waals surface area contributed by atoms with Crippen molar-refractivity contribution in [3.05, 3.63) is 59.2 Å². The number of rotatable bonds is 1. The summed E-state index contributed by atoms with van der Waals surface area (Å²) in [4.78, 5) is 6.77. The highest BCUT2D eigenvalue weighted by Crippen LogP contribution is 2.47. The number of aliphatic hydroxyl groups is 1. The summed E-state index contributed by atoms with van der Waals surface area (Å²) in [5.74, 6) is 0.0704. The first-order valence-corrected chi connectivity index (χ1v) is 8.37. The van der Waals surface area contributed by atoms with Crippen molar-refractivity contribution >= 4 is 0 Å². The van der Waals surface area contributed by atoms with Gasteiger partial charge in [-0.25, -0.2) is 4.39 Å². The van der Waals surface area contributed by atoms with Gasteiger partial charge < -0.3 is 14.7 Å². The summed E-state index contributed by atoms with van der Waals surface area (Å²) in [6.45, 7) is 2.13. The van der Waals surface area contributed by atoms with Crippen molar-refractivity contribution in [3.8, 4) is 5.75 Å². The molecule has 0 bridgehead atoms. The molecular formula is C19H21FN2O2. The lowest BCUT2D eigenvalue weighted by atomic mass is 9.73. The zero-order valence-corrected chi connectivity index (χ0v) is 13.7. The Balaban J connectivity index is 1.90. The average Bonchev–Trinajstić information content (AvgIpc) is 2.71. The van der Waals surface area contributed by atoms with Crippen molar-refractivity contribution in [1.82, 2.24) is 9.88 Å². The number of likely N-dealkylation sites (tertiary alicyclic amines) is 1. The fraction of sp³-hybridized carbons (Fsp3) is 0.421. The number of fused-ring (bicyclic) bond motifs is 2. The molecule has 3 heterocycles. The topological polar surface area (TPSA) is 45.6 Å². The first-order chi connectivity index (χ1) is 11.6. The van der Waals surface area contributed by atoms with Crippen LogP contribution < -0.4 is 4.74 Å². The molecule has 2 aliphatic rings. The standard InChI is InChI=1S/C19H21FN2O2/c1-22-9-6-14(7-10-22)19(23)16-5-4-15(20)11-17(16)24-12-13-3-2-8-21-18(13)19/h2-5,8,11,14,23H,6-7,9-10,12H2,1H3. The molecule has 0 amide bonds. The Kier molecular flexibility index (Phi) is 3.77. The number of benzene rings is 1. The molecule has 5 heteroatoms. The minimum atomic E-state index is -1.25. The van der Waals surface area contributed by atoms with E-state index < -0.39 is 5.60 Å². The summed E-state index contributed by atoms with van der Waals surface area (Å²) in [5.41, 5.74) is 0.869. The van der Waals surface area contributed by atoms with E-state index in [2.05, 4.69) is 16.9 Å². The summed E-state index contributed by atoms with van der Waals surface area (Å²) >= 11 is 0. The lowest BCUT2D eigenvalue weighted by molar-refractivity contribution is -0.0147. The monoisotopic (exact) mass is 328 g/mol. The van der Waals surface area contributed by atoms with Crippen LogP contribution in [0.3, 0.4) is 0 Å². The number of pyridine rings is 1. The minimum Gasteiger partial charge on any atom is -0.488 e. The highest BCUT2D eigenvalue weighted by molar-refractivity contribution is 5.48. The van der Waals surface area contributed by atoms with Crippen molar-refractivity contribution in [1.29, 1.82) is 0 Å². The molecular weight excluding hydrogens is 307 g/mol. The molecule has 2 aromatic rings. The van der Waals surface area contributed by atoms with E-state index in [1.54, 1.807) is 12.3 Å². The van der Waals surface area contributed by atoms with E-state index in [4.69, 9.17) is 4.74 Å². The van der Waals surface area contributed by atoms with Gasteiger partial charge in [-0.1, -0.05) is 6.07 Å². The van der Waals surface area contributed by atoms with Gasteiger partial charge in [0.25, 0.3) is 0 Å². The van der Waals surface area contributed by atoms with Crippen LogP contribution in [-0.2, 0) is 12.2 Å². The third kappa shape index (κ3) is 2.39. The predicted molar refractivity (Wildman–Crippen MR) is 88.2 cm³/mol. The minimum absolute atomic E-state index is 0.0215. The maximum absolute atomic E-state index is 13.7. The van der Waals surface area contributed by atoms with Gasteiger partial charge in [-0.2, -0.15) is 0 Å². The number of halogens is 1. The van der Waals surface area contributed by atoms with Crippen LogP contribution in [0.15, 0.2) is 36.5 Å². The summed E-state index contributed by atoms with van der Waals surface area (Å²) in [7, 11) is 2.09. The van der Waals surface area contributed by atoms with Crippen LogP contribution in [0.1, 0.15) is 29.7 Å². The van der Waals surface area contributed by atoms with Gasteiger partial charge in [0.2, 0.25) is 0 Å². The molecule has 1 saturated heterocycles. The van der Waals surface area contributed by atoms with Gasteiger partial charge in [0.15, 0.2) is 0 Å². The molecule has 24 heavy (non-hydrogen) atoms. The van der Waals surface area contributed by atoms with Crippen LogP contribution in [-0.4, -0.2) is 35.1 Å². The highest BCUT2D eigenvalue weighted by atomic mass is 19.1. The zero-order chi connectivity index (χ0) is 16.7. The van der Waals surface area contributed by atoms with Crippen LogP contribution in [0.2, 0.25) is 0 Å². The summed E-state index contributed by atoms with van der Waals surface area (Å²) in [6.07, 6.45) is 3.42. The smallest absolute Gasteiger partial charge is 0.138 e. The molecule has 1 aromatic heterocycles. The maximum atomic E-state index is 13.7. The Morgan fingerprint density at radius 1 is 1.29 bits per heavy atom. The molecule has 4 nitrogen and oxygen atoms in total. The molecule has 1 N–H and O–H groups in total. The molecule has 1 atom stereocenters. The lowest BCUT2D eigenvalue weighted by Gasteiger charge is -2.40. The van der Waals surface area contributed by atoms with Gasteiger partial charge in [0, 0.05) is 29.3 Å². The number of piperidine rings is 1. The number of hydrogen-bond donors (Lipinski definition) is 1. The second-order valence-electron chi connectivity index (χ2n) is 6.78. The molecule has 1 unspecified atom stereocenters. The van der Waals surface area contributed by atoms with E-state index in [9.17, 15) is 9.50 Å². The summed E-state index contributed by atoms with van der Waals surface area (Å²) < 4.78 is 19.5. The second kappa shape index (κ2) is 5.83. The largest absolute Gasteiger partial charge is 0.488 e. The molecule has 0 aliphatic carbocycles. The van der Waals surface area contributed by atoms with E-state index >= 15 is 0 Å². The van der Waals surface area contributed by atoms with Gasteiger partial charge in [0.1, 0.15) is 23.8 Å². The Bertz CT molecular complexity index is 759. The molecule has 1 aromatic carbocycles. The number of nitrogens with zero attached hydrogens (tertiary/aromatic N) is 2. The molecule has 0 spiro atoms. The van der Waals surface area contributed by atoms with Crippen molar-refractivity contribution in [2.45, 2.75) is 25.0 Å². The van der Waals surface area contributed by atoms with Crippen molar-refractivity contribution in [3.63, 3.8) is 0 Å². The van der Waals surface area contributed by atoms with E-state index in [0.29, 0.717) is 17.0 Å². The Hall–Kier alpha value is -1.98. The van der Waals surface area contributed by atoms with Gasteiger partial charge in [-0.3, -0.25) is 4.98 Å². The van der Waals surface area contributed by atoms with Gasteiger partial charge in [-0.05, 0) is 51.2 Å². The first-order valence-electron chi connectivity index (χ1n) is 8.37. The molecule has 126 valence electrons. The first kappa shape index (κ1) is 15.5. The predicted octanol–water partition coefficient (Wildman–Crippen LogP) is 2.69. The van der Waals surface area contributed by atoms with Gasteiger partial charge in [-0.15, -0.1) is 0 Å². The Labute approximate surface area is 140 Å². The fourth-order valence-corrected chi connectivity index (χ4v) is 3.95. The lowest BCUT2D eigenvalue weighted by Crippen LogP contribution is -2.44. The van der Waals surface area contributed by atoms with Crippen molar-refractivity contribution < 1.29 is 14.2 Å². The van der Waals surface area contributed by atoms with Crippen LogP contribution in [0, 0.1) is 11.7 Å². The number of aromatic nitrogens is 1. The van der Waals surface area contributed by atoms with E-state index in [1.807, 2.05) is 12.1 Å². The Morgan fingerprint density at radius 3 is 2.88 bits per heavy atom. The second-order valence-corrected chi connectivity index (χ2v) is 6.78. The molecule has 2 aliphatic heterocycles. The van der Waals surface area contributed by atoms with Crippen molar-refractivity contribution in [2.75, 3.05) is 20.1 Å². The van der Waals surface area contributed by atoms with Crippen LogP contribution in [0.5, 0.6) is 5.75 Å². The average molecular weight is 328 g/mol. The van der Waals surface area contributed by atoms with Crippen LogP contribution in [0.4, 0.5) is 4.39 Å². The molecule has 1 fully saturated rings. The fourth-order valence-electron chi connectivity index (χ4n) is 3.95. The van der Waals surface area contributed by atoms with Gasteiger partial charge >= 0.3 is 0 Å². The molecule has 0 radical (unpaired) electrons. The van der Waals surface area contributed by atoms with Crippen molar-refractivity contribution in [2.24, 2.45) is 5.92 Å². The third-order valence-corrected chi connectivity index (χ3v) is 5.30. The van der Waals surface area contributed by atoms with Crippen LogP contribution >= 0.6 is 0 Å². The number of hydrogen-bond acceptors (Lipinski definition) is 4.